The van der Waals surface area contributed by atoms with Crippen LogP contribution in [-0.2, 0) is 9.53 Å². The van der Waals surface area contributed by atoms with Gasteiger partial charge in [-0.1, -0.05) is 24.3 Å². The molecule has 7 nitrogen and oxygen atoms in total. The van der Waals surface area contributed by atoms with E-state index in [9.17, 15) is 14.4 Å². The Morgan fingerprint density at radius 3 is 2.55 bits per heavy atom. The standard InChI is InChI=1S/C22H23N3O4/c1-3-25(4-2)21(27)15-8-7-9-16(12-15)24-20(26)14-29-22(28)18-13-23-19-11-6-5-10-17(18)19/h5-13,23H,3-4,14H2,1-2H3,(H,24,26). The molecule has 0 aliphatic heterocycles. The van der Waals surface area contributed by atoms with E-state index < -0.39 is 18.5 Å². The number of fused-ring (bicyclic) bond motifs is 1. The Hall–Kier alpha value is -3.61. The lowest BCUT2D eigenvalue weighted by atomic mass is 10.1. The summed E-state index contributed by atoms with van der Waals surface area (Å²) in [5.41, 5.74) is 2.15. The molecule has 1 heterocycles. The zero-order valence-electron chi connectivity index (χ0n) is 16.4. The van der Waals surface area contributed by atoms with E-state index in [2.05, 4.69) is 10.3 Å². The second-order valence-electron chi connectivity index (χ2n) is 6.43. The summed E-state index contributed by atoms with van der Waals surface area (Å²) >= 11 is 0. The summed E-state index contributed by atoms with van der Waals surface area (Å²) in [4.78, 5) is 41.6. The van der Waals surface area contributed by atoms with Gasteiger partial charge in [0.15, 0.2) is 6.61 Å². The molecule has 0 radical (unpaired) electrons. The first kappa shape index (κ1) is 20.1. The molecule has 2 amide bonds. The van der Waals surface area contributed by atoms with Gasteiger partial charge in [-0.2, -0.15) is 0 Å². The number of aromatic nitrogens is 1. The lowest BCUT2D eigenvalue weighted by Crippen LogP contribution is -2.30. The summed E-state index contributed by atoms with van der Waals surface area (Å²) in [6, 6.07) is 14.0. The average molecular weight is 393 g/mol. The minimum absolute atomic E-state index is 0.100. The predicted molar refractivity (Wildman–Crippen MR) is 111 cm³/mol. The van der Waals surface area contributed by atoms with Crippen LogP contribution in [0.25, 0.3) is 10.9 Å². The third-order valence-electron chi connectivity index (χ3n) is 4.59. The smallest absolute Gasteiger partial charge is 0.340 e. The summed E-state index contributed by atoms with van der Waals surface area (Å²) in [6.07, 6.45) is 1.56. The number of carbonyl (C=O) groups excluding carboxylic acids is 3. The normalized spacial score (nSPS) is 10.6. The largest absolute Gasteiger partial charge is 0.452 e. The van der Waals surface area contributed by atoms with Crippen LogP contribution in [0.2, 0.25) is 0 Å². The maximum atomic E-state index is 12.4. The Morgan fingerprint density at radius 2 is 1.79 bits per heavy atom. The summed E-state index contributed by atoms with van der Waals surface area (Å²) in [7, 11) is 0. The fourth-order valence-electron chi connectivity index (χ4n) is 3.07. The molecule has 150 valence electrons. The topological polar surface area (TPSA) is 91.5 Å². The molecule has 3 aromatic rings. The van der Waals surface area contributed by atoms with Crippen LogP contribution in [0.3, 0.4) is 0 Å². The molecule has 0 fully saturated rings. The second-order valence-corrected chi connectivity index (χ2v) is 6.43. The number of rotatable bonds is 7. The van der Waals surface area contributed by atoms with Crippen molar-refractivity contribution in [3.63, 3.8) is 0 Å². The number of H-pyrrole nitrogens is 1. The molecule has 0 saturated heterocycles. The molecule has 0 atom stereocenters. The van der Waals surface area contributed by atoms with Gasteiger partial charge < -0.3 is 19.9 Å². The third-order valence-corrected chi connectivity index (χ3v) is 4.59. The van der Waals surface area contributed by atoms with E-state index in [-0.39, 0.29) is 5.91 Å². The quantitative estimate of drug-likeness (QED) is 0.602. The van der Waals surface area contributed by atoms with Gasteiger partial charge in [-0.3, -0.25) is 9.59 Å². The van der Waals surface area contributed by atoms with E-state index in [0.717, 1.165) is 10.9 Å². The molecule has 0 aliphatic rings. The molecule has 2 aromatic carbocycles. The van der Waals surface area contributed by atoms with E-state index in [0.29, 0.717) is 29.9 Å². The number of anilines is 1. The number of carbonyl (C=O) groups is 3. The first-order valence-electron chi connectivity index (χ1n) is 9.46. The Balaban J connectivity index is 1.60. The molecule has 1 aromatic heterocycles. The van der Waals surface area contributed by atoms with Crippen LogP contribution >= 0.6 is 0 Å². The van der Waals surface area contributed by atoms with Gasteiger partial charge in [0.25, 0.3) is 11.8 Å². The number of benzene rings is 2. The maximum Gasteiger partial charge on any atom is 0.340 e. The van der Waals surface area contributed by atoms with Crippen molar-refractivity contribution in [1.29, 1.82) is 0 Å². The van der Waals surface area contributed by atoms with Crippen LogP contribution in [0.4, 0.5) is 5.69 Å². The Bertz CT molecular complexity index is 1040. The molecule has 7 heteroatoms. The van der Waals surface area contributed by atoms with Crippen LogP contribution in [0.1, 0.15) is 34.6 Å². The number of ether oxygens (including phenoxy) is 1. The summed E-state index contributed by atoms with van der Waals surface area (Å²) in [6.45, 7) is 4.61. The van der Waals surface area contributed by atoms with E-state index in [1.54, 1.807) is 41.4 Å². The van der Waals surface area contributed by atoms with Crippen LogP contribution in [-0.4, -0.2) is 47.4 Å². The van der Waals surface area contributed by atoms with Crippen LogP contribution in [0.5, 0.6) is 0 Å². The number of para-hydroxylation sites is 1. The number of esters is 1. The maximum absolute atomic E-state index is 12.4. The number of amides is 2. The van der Waals surface area contributed by atoms with Gasteiger partial charge in [0, 0.05) is 41.4 Å². The van der Waals surface area contributed by atoms with Gasteiger partial charge >= 0.3 is 5.97 Å². The summed E-state index contributed by atoms with van der Waals surface area (Å²) < 4.78 is 5.13. The van der Waals surface area contributed by atoms with Gasteiger partial charge in [-0.05, 0) is 38.1 Å². The van der Waals surface area contributed by atoms with Gasteiger partial charge in [0.1, 0.15) is 0 Å². The Morgan fingerprint density at radius 1 is 1.03 bits per heavy atom. The van der Waals surface area contributed by atoms with Crippen molar-refractivity contribution < 1.29 is 19.1 Å². The fraction of sp³-hybridized carbons (Fsp3) is 0.227. The summed E-state index contributed by atoms with van der Waals surface area (Å²) in [5, 5.41) is 3.39. The zero-order valence-corrected chi connectivity index (χ0v) is 16.4. The Labute approximate surface area is 168 Å². The highest BCUT2D eigenvalue weighted by molar-refractivity contribution is 6.05. The average Bonchev–Trinajstić information content (AvgIpc) is 3.17. The predicted octanol–water partition coefficient (Wildman–Crippen LogP) is 3.45. The number of aromatic amines is 1. The minimum atomic E-state index is -0.580. The zero-order chi connectivity index (χ0) is 20.8. The van der Waals surface area contributed by atoms with Crippen molar-refractivity contribution in [2.75, 3.05) is 25.0 Å². The van der Waals surface area contributed by atoms with E-state index in [4.69, 9.17) is 4.74 Å². The van der Waals surface area contributed by atoms with Crippen molar-refractivity contribution in [2.45, 2.75) is 13.8 Å². The molecule has 0 saturated carbocycles. The van der Waals surface area contributed by atoms with E-state index in [1.165, 1.54) is 0 Å². The van der Waals surface area contributed by atoms with Crippen molar-refractivity contribution in [3.05, 3.63) is 65.9 Å². The van der Waals surface area contributed by atoms with Crippen LogP contribution in [0.15, 0.2) is 54.7 Å². The highest BCUT2D eigenvalue weighted by Crippen LogP contribution is 2.18. The van der Waals surface area contributed by atoms with E-state index in [1.807, 2.05) is 32.0 Å². The van der Waals surface area contributed by atoms with Gasteiger partial charge in [0.2, 0.25) is 0 Å². The molecule has 0 unspecified atom stereocenters. The number of hydrogen-bond acceptors (Lipinski definition) is 4. The molecule has 0 aliphatic carbocycles. The van der Waals surface area contributed by atoms with E-state index >= 15 is 0 Å². The van der Waals surface area contributed by atoms with Crippen LogP contribution < -0.4 is 5.32 Å². The van der Waals surface area contributed by atoms with Gasteiger partial charge in [-0.25, -0.2) is 4.79 Å². The lowest BCUT2D eigenvalue weighted by molar-refractivity contribution is -0.119. The monoisotopic (exact) mass is 393 g/mol. The molecule has 3 rings (SSSR count). The molecule has 0 bridgehead atoms. The van der Waals surface area contributed by atoms with Crippen LogP contribution in [0, 0.1) is 0 Å². The van der Waals surface area contributed by atoms with Gasteiger partial charge in [-0.15, -0.1) is 0 Å². The highest BCUT2D eigenvalue weighted by atomic mass is 16.5. The molecule has 29 heavy (non-hydrogen) atoms. The number of nitrogens with zero attached hydrogens (tertiary/aromatic N) is 1. The first-order valence-corrected chi connectivity index (χ1v) is 9.46. The molecular formula is C22H23N3O4. The van der Waals surface area contributed by atoms with Crippen molar-refractivity contribution in [1.82, 2.24) is 9.88 Å². The molecule has 0 spiro atoms. The Kier molecular flexibility index (Phi) is 6.29. The summed E-state index contributed by atoms with van der Waals surface area (Å²) in [5.74, 6) is -1.16. The second kappa shape index (κ2) is 9.05. The SMILES string of the molecule is CCN(CC)C(=O)c1cccc(NC(=O)COC(=O)c2c[nH]c3ccccc23)c1. The molecular weight excluding hydrogens is 370 g/mol. The molecule has 2 N–H and O–H groups in total. The van der Waals surface area contributed by atoms with Crippen molar-refractivity contribution >= 4 is 34.4 Å². The number of nitrogens with one attached hydrogen (secondary N) is 2. The van der Waals surface area contributed by atoms with Gasteiger partial charge in [0.05, 0.1) is 5.56 Å². The lowest BCUT2D eigenvalue weighted by Gasteiger charge is -2.19. The minimum Gasteiger partial charge on any atom is -0.452 e. The fourth-order valence-corrected chi connectivity index (χ4v) is 3.07. The van der Waals surface area contributed by atoms with Crippen molar-refractivity contribution in [3.8, 4) is 0 Å². The number of hydrogen-bond donors (Lipinski definition) is 2. The van der Waals surface area contributed by atoms with Crippen molar-refractivity contribution in [2.24, 2.45) is 0 Å². The highest BCUT2D eigenvalue weighted by Gasteiger charge is 2.16. The first-order chi connectivity index (χ1) is 14.0. The third kappa shape index (κ3) is 4.63.